The second kappa shape index (κ2) is 8.91. The van der Waals surface area contributed by atoms with Gasteiger partial charge in [0.2, 0.25) is 11.8 Å². The lowest BCUT2D eigenvalue weighted by Gasteiger charge is -2.14. The Hall–Kier alpha value is -3.14. The van der Waals surface area contributed by atoms with Crippen molar-refractivity contribution < 1.29 is 22.8 Å². The fourth-order valence-electron chi connectivity index (χ4n) is 2.48. The van der Waals surface area contributed by atoms with Gasteiger partial charge in [-0.2, -0.15) is 18.3 Å². The van der Waals surface area contributed by atoms with Crippen LogP contribution in [0.4, 0.5) is 18.9 Å². The van der Waals surface area contributed by atoms with Crippen molar-refractivity contribution in [2.75, 3.05) is 5.32 Å². The van der Waals surface area contributed by atoms with Crippen LogP contribution in [-0.4, -0.2) is 28.4 Å². The van der Waals surface area contributed by atoms with Crippen LogP contribution >= 0.6 is 11.8 Å². The first-order valence-electron chi connectivity index (χ1n) is 8.42. The highest BCUT2D eigenvalue weighted by Gasteiger charge is 2.35. The lowest BCUT2D eigenvalue weighted by Crippen LogP contribution is -2.28. The minimum Gasteiger partial charge on any atom is -0.325 e. The normalized spacial score (nSPS) is 18.2. The van der Waals surface area contributed by atoms with Crippen molar-refractivity contribution in [3.8, 4) is 0 Å². The molecular weight excluding hydrogens is 405 g/mol. The van der Waals surface area contributed by atoms with E-state index < -0.39 is 28.8 Å². The summed E-state index contributed by atoms with van der Waals surface area (Å²) in [6.07, 6.45) is -3.39. The van der Waals surface area contributed by atoms with E-state index in [4.69, 9.17) is 0 Å². The summed E-state index contributed by atoms with van der Waals surface area (Å²) in [7, 11) is 0. The van der Waals surface area contributed by atoms with Crippen LogP contribution in [0, 0.1) is 0 Å². The topological polar surface area (TPSA) is 82.9 Å². The molecule has 1 heterocycles. The summed E-state index contributed by atoms with van der Waals surface area (Å²) in [5.41, 5.74) is -0.477. The molecule has 150 valence electrons. The molecule has 2 aromatic carbocycles. The number of carbonyl (C=O) groups excluding carboxylic acids is 2. The number of hydrogen-bond donors (Lipinski definition) is 2. The van der Waals surface area contributed by atoms with E-state index in [1.165, 1.54) is 18.3 Å². The number of benzene rings is 2. The Balaban J connectivity index is 1.60. The fourth-order valence-corrected chi connectivity index (χ4v) is 3.41. The zero-order valence-corrected chi connectivity index (χ0v) is 15.6. The molecule has 29 heavy (non-hydrogen) atoms. The second-order valence-corrected chi connectivity index (χ2v) is 7.14. The number of halogens is 3. The van der Waals surface area contributed by atoms with Crippen molar-refractivity contribution in [2.45, 2.75) is 17.8 Å². The molecule has 0 spiro atoms. The highest BCUT2D eigenvalue weighted by Crippen LogP contribution is 2.34. The number of anilines is 1. The maximum atomic E-state index is 13.0. The summed E-state index contributed by atoms with van der Waals surface area (Å²) < 4.78 is 39.0. The standard InChI is InChI=1S/C19H15F3N4O2S/c20-19(21,22)13-8-4-5-9-14(13)24-16(27)10-15-17(28)25-18(29-15)26-23-11-12-6-2-1-3-7-12/h1-9,11,15H,10H2,(H,24,27)(H,25,26,28). The van der Waals surface area contributed by atoms with Crippen molar-refractivity contribution in [2.24, 2.45) is 10.2 Å². The molecule has 0 radical (unpaired) electrons. The number of amidine groups is 1. The Labute approximate surface area is 168 Å². The molecule has 0 aromatic heterocycles. The number of thioether (sulfide) groups is 1. The van der Waals surface area contributed by atoms with Crippen molar-refractivity contribution in [1.29, 1.82) is 0 Å². The maximum absolute atomic E-state index is 13.0. The molecule has 1 aliphatic heterocycles. The minimum atomic E-state index is -4.60. The molecule has 6 nitrogen and oxygen atoms in total. The summed E-state index contributed by atoms with van der Waals surface area (Å²) in [5, 5.41) is 11.9. The average molecular weight is 420 g/mol. The highest BCUT2D eigenvalue weighted by atomic mass is 32.2. The number of amides is 2. The number of carbonyl (C=O) groups is 2. The molecule has 3 rings (SSSR count). The summed E-state index contributed by atoms with van der Waals surface area (Å²) >= 11 is 0.995. The predicted octanol–water partition coefficient (Wildman–Crippen LogP) is 3.66. The van der Waals surface area contributed by atoms with Gasteiger partial charge in [0.25, 0.3) is 0 Å². The van der Waals surface area contributed by atoms with E-state index in [0.29, 0.717) is 0 Å². The Morgan fingerprint density at radius 3 is 2.55 bits per heavy atom. The van der Waals surface area contributed by atoms with Gasteiger partial charge in [0, 0.05) is 6.42 Å². The van der Waals surface area contributed by atoms with Crippen LogP contribution in [0.1, 0.15) is 17.5 Å². The zero-order chi connectivity index (χ0) is 20.9. The number of nitrogens with zero attached hydrogens (tertiary/aromatic N) is 2. The van der Waals surface area contributed by atoms with Crippen molar-refractivity contribution in [3.05, 3.63) is 65.7 Å². The first-order valence-corrected chi connectivity index (χ1v) is 9.30. The maximum Gasteiger partial charge on any atom is 0.418 e. The molecule has 1 fully saturated rings. The first kappa shape index (κ1) is 20.6. The molecule has 0 bridgehead atoms. The van der Waals surface area contributed by atoms with E-state index in [0.717, 1.165) is 29.5 Å². The van der Waals surface area contributed by atoms with E-state index >= 15 is 0 Å². The number of rotatable bonds is 5. The van der Waals surface area contributed by atoms with Crippen LogP contribution in [0.2, 0.25) is 0 Å². The fraction of sp³-hybridized carbons (Fsp3) is 0.158. The molecule has 0 aliphatic carbocycles. The summed E-state index contributed by atoms with van der Waals surface area (Å²) in [6.45, 7) is 0. The Morgan fingerprint density at radius 1 is 1.14 bits per heavy atom. The summed E-state index contributed by atoms with van der Waals surface area (Å²) in [6, 6.07) is 13.9. The lowest BCUT2D eigenvalue weighted by molar-refractivity contribution is -0.137. The van der Waals surface area contributed by atoms with Gasteiger partial charge < -0.3 is 10.6 Å². The van der Waals surface area contributed by atoms with Crippen molar-refractivity contribution >= 4 is 40.6 Å². The van der Waals surface area contributed by atoms with Gasteiger partial charge in [0.05, 0.1) is 17.5 Å². The van der Waals surface area contributed by atoms with Gasteiger partial charge >= 0.3 is 6.18 Å². The smallest absolute Gasteiger partial charge is 0.325 e. The van der Waals surface area contributed by atoms with E-state index in [2.05, 4.69) is 20.8 Å². The third kappa shape index (κ3) is 5.67. The molecule has 1 aliphatic rings. The van der Waals surface area contributed by atoms with Gasteiger partial charge in [-0.1, -0.05) is 54.2 Å². The number of alkyl halides is 3. The van der Waals surface area contributed by atoms with Crippen LogP contribution < -0.4 is 10.6 Å². The van der Waals surface area contributed by atoms with Gasteiger partial charge in [0.15, 0.2) is 5.17 Å². The predicted molar refractivity (Wildman–Crippen MR) is 106 cm³/mol. The molecule has 1 saturated heterocycles. The molecule has 2 aromatic rings. The van der Waals surface area contributed by atoms with E-state index in [1.54, 1.807) is 0 Å². The van der Waals surface area contributed by atoms with E-state index in [-0.39, 0.29) is 17.3 Å². The Bertz CT molecular complexity index is 961. The van der Waals surface area contributed by atoms with E-state index in [9.17, 15) is 22.8 Å². The number of para-hydroxylation sites is 1. The van der Waals surface area contributed by atoms with Gasteiger partial charge in [0.1, 0.15) is 5.25 Å². The Kier molecular flexibility index (Phi) is 6.32. The van der Waals surface area contributed by atoms with Gasteiger partial charge in [-0.15, -0.1) is 5.10 Å². The van der Waals surface area contributed by atoms with Gasteiger partial charge in [-0.25, -0.2) is 0 Å². The van der Waals surface area contributed by atoms with Crippen LogP contribution in [-0.2, 0) is 15.8 Å². The lowest BCUT2D eigenvalue weighted by atomic mass is 10.1. The van der Waals surface area contributed by atoms with Crippen molar-refractivity contribution in [1.82, 2.24) is 5.32 Å². The molecule has 1 atom stereocenters. The third-order valence-electron chi connectivity index (χ3n) is 3.81. The molecule has 2 N–H and O–H groups in total. The summed E-state index contributed by atoms with van der Waals surface area (Å²) in [4.78, 5) is 24.2. The van der Waals surface area contributed by atoms with Gasteiger partial charge in [-0.05, 0) is 17.7 Å². The largest absolute Gasteiger partial charge is 0.418 e. The zero-order valence-electron chi connectivity index (χ0n) is 14.8. The minimum absolute atomic E-state index is 0.218. The number of hydrogen-bond acceptors (Lipinski definition) is 5. The molecular formula is C19H15F3N4O2S. The molecule has 1 unspecified atom stereocenters. The first-order chi connectivity index (χ1) is 13.8. The van der Waals surface area contributed by atoms with Gasteiger partial charge in [-0.3, -0.25) is 9.59 Å². The second-order valence-electron chi connectivity index (χ2n) is 5.95. The van der Waals surface area contributed by atoms with Crippen LogP contribution in [0.15, 0.2) is 64.8 Å². The SMILES string of the molecule is O=C(CC1SC(=NN=Cc2ccccc2)NC1=O)Nc1ccccc1C(F)(F)F. The van der Waals surface area contributed by atoms with Crippen LogP contribution in [0.25, 0.3) is 0 Å². The average Bonchev–Trinajstić information content (AvgIpc) is 3.01. The van der Waals surface area contributed by atoms with Crippen LogP contribution in [0.5, 0.6) is 0 Å². The molecule has 2 amide bonds. The quantitative estimate of drug-likeness (QED) is 0.572. The monoisotopic (exact) mass is 420 g/mol. The van der Waals surface area contributed by atoms with Crippen molar-refractivity contribution in [3.63, 3.8) is 0 Å². The number of nitrogens with one attached hydrogen (secondary N) is 2. The van der Waals surface area contributed by atoms with E-state index in [1.807, 2.05) is 30.3 Å². The highest BCUT2D eigenvalue weighted by molar-refractivity contribution is 8.15. The van der Waals surface area contributed by atoms with Crippen LogP contribution in [0.3, 0.4) is 0 Å². The third-order valence-corrected chi connectivity index (χ3v) is 4.88. The Morgan fingerprint density at radius 2 is 1.83 bits per heavy atom. The molecule has 10 heteroatoms. The molecule has 0 saturated carbocycles. The summed E-state index contributed by atoms with van der Waals surface area (Å²) in [5.74, 6) is -1.16.